The molecule has 3 atom stereocenters. The molecule has 22 heavy (non-hydrogen) atoms. The number of rotatable bonds is 2. The molecule has 0 radical (unpaired) electrons. The van der Waals surface area contributed by atoms with Crippen LogP contribution in [0.25, 0.3) is 0 Å². The zero-order valence-corrected chi connectivity index (χ0v) is 13.3. The van der Waals surface area contributed by atoms with Gasteiger partial charge in [-0.05, 0) is 31.4 Å². The van der Waals surface area contributed by atoms with Gasteiger partial charge < -0.3 is 19.8 Å². The Balaban J connectivity index is 1.84. The van der Waals surface area contributed by atoms with Crippen LogP contribution in [0.1, 0.15) is 30.7 Å². The van der Waals surface area contributed by atoms with E-state index in [0.717, 1.165) is 6.42 Å². The smallest absolute Gasteiger partial charge is 0.410 e. The van der Waals surface area contributed by atoms with Crippen LogP contribution < -0.4 is 0 Å². The van der Waals surface area contributed by atoms with Crippen LogP contribution in [0.2, 0.25) is 10.0 Å². The van der Waals surface area contributed by atoms with Crippen LogP contribution in [0.3, 0.4) is 0 Å². The molecule has 2 saturated heterocycles. The largest absolute Gasteiger partial charge is 0.508 e. The minimum absolute atomic E-state index is 0.0310. The van der Waals surface area contributed by atoms with Gasteiger partial charge in [-0.25, -0.2) is 4.79 Å². The van der Waals surface area contributed by atoms with Gasteiger partial charge in [0.25, 0.3) is 0 Å². The number of halogens is 2. The molecule has 3 rings (SSSR count). The molecule has 1 aromatic carbocycles. The molecule has 2 N–H and O–H groups in total. The van der Waals surface area contributed by atoms with Crippen LogP contribution in [0, 0.1) is 0 Å². The Morgan fingerprint density at radius 3 is 2.82 bits per heavy atom. The standard InChI is InChI=1S/C15H17Cl2NO4/c16-11-3-4-12(20)13(14(11)17)8-5-9-1-2-10(7-19)22-15(21)18(9)6-8/h3-4,8-10,19-20H,1-2,5-7H2/t8-,9+,10+/m0/s1. The first-order chi connectivity index (χ1) is 10.5. The lowest BCUT2D eigenvalue weighted by atomic mass is 9.93. The summed E-state index contributed by atoms with van der Waals surface area (Å²) in [6, 6.07) is 3.10. The third kappa shape index (κ3) is 2.73. The number of aliphatic hydroxyl groups excluding tert-OH is 1. The van der Waals surface area contributed by atoms with Crippen molar-refractivity contribution in [3.63, 3.8) is 0 Å². The van der Waals surface area contributed by atoms with Gasteiger partial charge in [-0.15, -0.1) is 0 Å². The number of ether oxygens (including phenoxy) is 1. The molecule has 5 nitrogen and oxygen atoms in total. The number of amides is 1. The number of nitrogens with zero attached hydrogens (tertiary/aromatic N) is 1. The SMILES string of the molecule is O=C1O[C@@H](CO)CC[C@@H]2C[C@H](c3c(O)ccc(Cl)c3Cl)CN12. The maximum absolute atomic E-state index is 12.1. The summed E-state index contributed by atoms with van der Waals surface area (Å²) in [6.45, 7) is 0.270. The first-order valence-corrected chi connectivity index (χ1v) is 8.01. The van der Waals surface area contributed by atoms with E-state index in [0.29, 0.717) is 35.0 Å². The summed E-state index contributed by atoms with van der Waals surface area (Å²) >= 11 is 12.3. The topological polar surface area (TPSA) is 70.0 Å². The fourth-order valence-electron chi connectivity index (χ4n) is 3.34. The summed E-state index contributed by atoms with van der Waals surface area (Å²) in [4.78, 5) is 13.8. The average Bonchev–Trinajstić information content (AvgIpc) is 2.85. The van der Waals surface area contributed by atoms with E-state index in [1.54, 1.807) is 11.0 Å². The molecule has 0 unspecified atom stereocenters. The number of benzene rings is 1. The maximum atomic E-state index is 12.1. The molecular formula is C15H17Cl2NO4. The summed E-state index contributed by atoms with van der Waals surface area (Å²) in [5, 5.41) is 20.0. The highest BCUT2D eigenvalue weighted by atomic mass is 35.5. The summed E-state index contributed by atoms with van der Waals surface area (Å²) in [6.07, 6.45) is 1.24. The van der Waals surface area contributed by atoms with Crippen LogP contribution in [0.4, 0.5) is 4.79 Å². The zero-order chi connectivity index (χ0) is 15.9. The number of fused-ring (bicyclic) bond motifs is 1. The second-order valence-corrected chi connectivity index (χ2v) is 6.58. The van der Waals surface area contributed by atoms with Crippen LogP contribution in [0.15, 0.2) is 12.1 Å². The molecule has 2 aliphatic heterocycles. The van der Waals surface area contributed by atoms with Gasteiger partial charge in [-0.2, -0.15) is 0 Å². The predicted octanol–water partition coefficient (Wildman–Crippen LogP) is 3.15. The number of carbonyl (C=O) groups excluding carboxylic acids is 1. The van der Waals surface area contributed by atoms with Gasteiger partial charge in [-0.3, -0.25) is 0 Å². The molecule has 120 valence electrons. The Hall–Kier alpha value is -1.17. The Morgan fingerprint density at radius 1 is 1.32 bits per heavy atom. The van der Waals surface area contributed by atoms with E-state index in [1.165, 1.54) is 6.07 Å². The molecule has 1 aromatic rings. The quantitative estimate of drug-likeness (QED) is 0.863. The van der Waals surface area contributed by atoms with Gasteiger partial charge >= 0.3 is 6.09 Å². The summed E-state index contributed by atoms with van der Waals surface area (Å²) in [5.41, 5.74) is 0.591. The predicted molar refractivity (Wildman–Crippen MR) is 82.6 cm³/mol. The molecule has 1 amide bonds. The third-order valence-corrected chi connectivity index (χ3v) is 5.28. The molecule has 0 bridgehead atoms. The van der Waals surface area contributed by atoms with Crippen molar-refractivity contribution in [2.45, 2.75) is 37.3 Å². The van der Waals surface area contributed by atoms with Gasteiger partial charge in [0.1, 0.15) is 11.9 Å². The molecule has 0 saturated carbocycles. The van der Waals surface area contributed by atoms with Crippen molar-refractivity contribution in [3.05, 3.63) is 27.7 Å². The Labute approximate surface area is 138 Å². The second-order valence-electron chi connectivity index (χ2n) is 5.80. The van der Waals surface area contributed by atoms with E-state index in [9.17, 15) is 9.90 Å². The van der Waals surface area contributed by atoms with Crippen LogP contribution in [-0.2, 0) is 4.74 Å². The highest BCUT2D eigenvalue weighted by Crippen LogP contribution is 2.44. The van der Waals surface area contributed by atoms with Crippen molar-refractivity contribution in [1.82, 2.24) is 4.90 Å². The van der Waals surface area contributed by atoms with Crippen LogP contribution in [-0.4, -0.2) is 46.5 Å². The van der Waals surface area contributed by atoms with E-state index in [1.807, 2.05) is 0 Å². The van der Waals surface area contributed by atoms with Gasteiger partial charge in [0, 0.05) is 24.1 Å². The van der Waals surface area contributed by atoms with Crippen molar-refractivity contribution in [2.24, 2.45) is 0 Å². The molecule has 0 aliphatic carbocycles. The number of phenolic OH excluding ortho intramolecular Hbond substituents is 1. The van der Waals surface area contributed by atoms with Crippen LogP contribution >= 0.6 is 23.2 Å². The number of hydrogen-bond acceptors (Lipinski definition) is 4. The number of phenols is 1. The molecule has 0 spiro atoms. The Bertz CT molecular complexity index is 595. The fourth-order valence-corrected chi connectivity index (χ4v) is 3.82. The summed E-state index contributed by atoms with van der Waals surface area (Å²) < 4.78 is 5.26. The van der Waals surface area contributed by atoms with Crippen molar-refractivity contribution in [1.29, 1.82) is 0 Å². The van der Waals surface area contributed by atoms with E-state index in [4.69, 9.17) is 33.0 Å². The molecule has 2 aliphatic rings. The average molecular weight is 346 g/mol. The van der Waals surface area contributed by atoms with Crippen molar-refractivity contribution in [2.75, 3.05) is 13.2 Å². The maximum Gasteiger partial charge on any atom is 0.410 e. The van der Waals surface area contributed by atoms with Gasteiger partial charge in [0.2, 0.25) is 0 Å². The number of cyclic esters (lactones) is 1. The second kappa shape index (κ2) is 6.14. The minimum Gasteiger partial charge on any atom is -0.508 e. The van der Waals surface area contributed by atoms with Gasteiger partial charge in [-0.1, -0.05) is 23.2 Å². The Morgan fingerprint density at radius 2 is 2.09 bits per heavy atom. The monoisotopic (exact) mass is 345 g/mol. The zero-order valence-electron chi connectivity index (χ0n) is 11.8. The minimum atomic E-state index is -0.431. The molecule has 2 heterocycles. The first kappa shape index (κ1) is 15.7. The molecular weight excluding hydrogens is 329 g/mol. The third-order valence-electron chi connectivity index (χ3n) is 4.46. The van der Waals surface area contributed by atoms with Gasteiger partial charge in [0.15, 0.2) is 0 Å². The molecule has 2 fully saturated rings. The molecule has 0 aromatic heterocycles. The normalized spacial score (nSPS) is 28.2. The van der Waals surface area contributed by atoms with E-state index in [-0.39, 0.29) is 24.3 Å². The van der Waals surface area contributed by atoms with E-state index < -0.39 is 12.2 Å². The van der Waals surface area contributed by atoms with Crippen molar-refractivity contribution in [3.8, 4) is 5.75 Å². The fraction of sp³-hybridized carbons (Fsp3) is 0.533. The van der Waals surface area contributed by atoms with Gasteiger partial charge in [0.05, 0.1) is 16.7 Å². The summed E-state index contributed by atoms with van der Waals surface area (Å²) in [7, 11) is 0. The van der Waals surface area contributed by atoms with Crippen molar-refractivity contribution >= 4 is 29.3 Å². The molecule has 7 heteroatoms. The van der Waals surface area contributed by atoms with Crippen molar-refractivity contribution < 1.29 is 19.7 Å². The number of aliphatic hydroxyl groups is 1. The first-order valence-electron chi connectivity index (χ1n) is 7.26. The Kier molecular flexibility index (Phi) is 4.39. The summed E-state index contributed by atoms with van der Waals surface area (Å²) in [5.74, 6) is 0.0214. The lowest BCUT2D eigenvalue weighted by Gasteiger charge is -2.20. The van der Waals surface area contributed by atoms with Crippen LogP contribution in [0.5, 0.6) is 5.75 Å². The highest BCUT2D eigenvalue weighted by molar-refractivity contribution is 6.42. The lowest BCUT2D eigenvalue weighted by molar-refractivity contribution is 0.0442. The highest BCUT2D eigenvalue weighted by Gasteiger charge is 2.41. The van der Waals surface area contributed by atoms with E-state index >= 15 is 0 Å². The number of carbonyl (C=O) groups is 1. The number of aromatic hydroxyl groups is 1. The number of hydrogen-bond donors (Lipinski definition) is 2. The van der Waals surface area contributed by atoms with E-state index in [2.05, 4.69) is 0 Å². The lowest BCUT2D eigenvalue weighted by Crippen LogP contribution is -2.35.